The summed E-state index contributed by atoms with van der Waals surface area (Å²) >= 11 is 0. The van der Waals surface area contributed by atoms with Gasteiger partial charge in [0.05, 0.1) is 23.1 Å². The molecule has 5 heteroatoms. The number of fused-ring (bicyclic) bond motifs is 2. The van der Waals surface area contributed by atoms with Crippen LogP contribution in [-0.2, 0) is 11.2 Å². The first-order valence-electron chi connectivity index (χ1n) is 8.45. The second kappa shape index (κ2) is 6.49. The number of nitrogens with zero attached hydrogens (tertiary/aromatic N) is 3. The quantitative estimate of drug-likeness (QED) is 0.716. The van der Waals surface area contributed by atoms with Crippen LogP contribution in [0.2, 0.25) is 0 Å². The van der Waals surface area contributed by atoms with Crippen molar-refractivity contribution in [1.82, 2.24) is 4.98 Å². The molecule has 1 aromatic heterocycles. The molecule has 0 aliphatic carbocycles. The van der Waals surface area contributed by atoms with Crippen molar-refractivity contribution in [3.63, 3.8) is 0 Å². The van der Waals surface area contributed by atoms with E-state index in [1.165, 1.54) is 4.90 Å². The van der Waals surface area contributed by atoms with Crippen LogP contribution in [-0.4, -0.2) is 24.5 Å². The number of para-hydroxylation sites is 2. The standard InChI is InChI=1S/C21H17N3O2/c1-24(20-11-15(12-22)17-7-3-4-8-18(17)23-20)21(25)16-10-14-6-2-5-9-19(14)26-13-16/h2-9,11,16H,10,13H2,1H3/t16-/m1/s1. The zero-order valence-corrected chi connectivity index (χ0v) is 14.3. The van der Waals surface area contributed by atoms with E-state index in [-0.39, 0.29) is 11.8 Å². The highest BCUT2D eigenvalue weighted by atomic mass is 16.5. The molecule has 1 atom stereocenters. The molecule has 0 bridgehead atoms. The van der Waals surface area contributed by atoms with Crippen molar-refractivity contribution in [2.24, 2.45) is 5.92 Å². The number of benzene rings is 2. The van der Waals surface area contributed by atoms with Gasteiger partial charge in [-0.25, -0.2) is 4.98 Å². The lowest BCUT2D eigenvalue weighted by Gasteiger charge is -2.28. The fourth-order valence-electron chi connectivity index (χ4n) is 3.30. The molecular weight excluding hydrogens is 326 g/mol. The number of hydrogen-bond acceptors (Lipinski definition) is 4. The topological polar surface area (TPSA) is 66.2 Å². The third kappa shape index (κ3) is 2.76. The molecule has 4 rings (SSSR count). The lowest BCUT2D eigenvalue weighted by Crippen LogP contribution is -2.39. The summed E-state index contributed by atoms with van der Waals surface area (Å²) in [6.07, 6.45) is 0.637. The van der Waals surface area contributed by atoms with Gasteiger partial charge >= 0.3 is 0 Å². The van der Waals surface area contributed by atoms with E-state index in [1.54, 1.807) is 13.1 Å². The summed E-state index contributed by atoms with van der Waals surface area (Å²) in [6.45, 7) is 0.346. The SMILES string of the molecule is CN(C(=O)[C@H]1COc2ccccc2C1)c1cc(C#N)c2ccccc2n1. The highest BCUT2D eigenvalue weighted by Gasteiger charge is 2.29. The van der Waals surface area contributed by atoms with Gasteiger partial charge in [0, 0.05) is 12.4 Å². The summed E-state index contributed by atoms with van der Waals surface area (Å²) in [4.78, 5) is 19.0. The summed E-state index contributed by atoms with van der Waals surface area (Å²) in [6, 6.07) is 19.1. The zero-order chi connectivity index (χ0) is 18.1. The first-order chi connectivity index (χ1) is 12.7. The Labute approximate surface area is 151 Å². The van der Waals surface area contributed by atoms with Crippen LogP contribution in [0.4, 0.5) is 5.82 Å². The van der Waals surface area contributed by atoms with Gasteiger partial charge in [-0.15, -0.1) is 0 Å². The van der Waals surface area contributed by atoms with Crippen molar-refractivity contribution >= 4 is 22.6 Å². The molecule has 2 heterocycles. The number of ether oxygens (including phenoxy) is 1. The molecule has 3 aromatic rings. The molecule has 0 N–H and O–H groups in total. The largest absolute Gasteiger partial charge is 0.492 e. The van der Waals surface area contributed by atoms with E-state index < -0.39 is 0 Å². The molecule has 26 heavy (non-hydrogen) atoms. The van der Waals surface area contributed by atoms with E-state index in [9.17, 15) is 10.1 Å². The molecule has 1 amide bonds. The Morgan fingerprint density at radius 3 is 2.85 bits per heavy atom. The zero-order valence-electron chi connectivity index (χ0n) is 14.3. The second-order valence-electron chi connectivity index (χ2n) is 6.37. The fraction of sp³-hybridized carbons (Fsp3) is 0.190. The first-order valence-corrected chi connectivity index (χ1v) is 8.45. The van der Waals surface area contributed by atoms with Crippen molar-refractivity contribution in [3.8, 4) is 11.8 Å². The summed E-state index contributed by atoms with van der Waals surface area (Å²) in [5, 5.41) is 10.2. The van der Waals surface area contributed by atoms with Crippen molar-refractivity contribution in [2.45, 2.75) is 6.42 Å². The van der Waals surface area contributed by atoms with Gasteiger partial charge in [0.2, 0.25) is 5.91 Å². The Hall–Kier alpha value is -3.39. The summed E-state index contributed by atoms with van der Waals surface area (Å²) < 4.78 is 5.74. The van der Waals surface area contributed by atoms with Crippen LogP contribution in [0.25, 0.3) is 10.9 Å². The minimum absolute atomic E-state index is 0.0637. The number of pyridine rings is 1. The van der Waals surface area contributed by atoms with E-state index in [2.05, 4.69) is 11.1 Å². The Morgan fingerprint density at radius 1 is 1.23 bits per heavy atom. The molecule has 0 radical (unpaired) electrons. The Kier molecular flexibility index (Phi) is 4.02. The summed E-state index contributed by atoms with van der Waals surface area (Å²) in [5.41, 5.74) is 2.25. The highest BCUT2D eigenvalue weighted by Crippen LogP contribution is 2.29. The number of hydrogen-bond donors (Lipinski definition) is 0. The van der Waals surface area contributed by atoms with Crippen LogP contribution >= 0.6 is 0 Å². The third-order valence-electron chi connectivity index (χ3n) is 4.73. The molecule has 0 unspecified atom stereocenters. The predicted molar refractivity (Wildman–Crippen MR) is 99.0 cm³/mol. The maximum Gasteiger partial charge on any atom is 0.234 e. The number of aromatic nitrogens is 1. The smallest absolute Gasteiger partial charge is 0.234 e. The lowest BCUT2D eigenvalue weighted by atomic mass is 9.95. The van der Waals surface area contributed by atoms with Gasteiger partial charge in [-0.05, 0) is 30.2 Å². The Balaban J connectivity index is 1.64. The van der Waals surface area contributed by atoms with E-state index >= 15 is 0 Å². The molecule has 1 aliphatic heterocycles. The minimum Gasteiger partial charge on any atom is -0.492 e. The van der Waals surface area contributed by atoms with Crippen LogP contribution in [0.3, 0.4) is 0 Å². The van der Waals surface area contributed by atoms with Gasteiger partial charge < -0.3 is 4.74 Å². The van der Waals surface area contributed by atoms with Crippen molar-refractivity contribution in [1.29, 1.82) is 5.26 Å². The number of amides is 1. The molecule has 2 aromatic carbocycles. The fourth-order valence-corrected chi connectivity index (χ4v) is 3.30. The van der Waals surface area contributed by atoms with Gasteiger partial charge in [0.1, 0.15) is 18.2 Å². The molecule has 128 valence electrons. The number of nitriles is 1. The molecule has 5 nitrogen and oxygen atoms in total. The van der Waals surface area contributed by atoms with Crippen LogP contribution in [0.1, 0.15) is 11.1 Å². The van der Waals surface area contributed by atoms with Gasteiger partial charge in [-0.2, -0.15) is 5.26 Å². The summed E-state index contributed by atoms with van der Waals surface area (Å²) in [5.74, 6) is 0.985. The number of carbonyl (C=O) groups is 1. The van der Waals surface area contributed by atoms with Crippen LogP contribution in [0.15, 0.2) is 54.6 Å². The Bertz CT molecular complexity index is 1040. The number of rotatable bonds is 2. The maximum absolute atomic E-state index is 13.0. The minimum atomic E-state index is -0.270. The van der Waals surface area contributed by atoms with Gasteiger partial charge in [0.15, 0.2) is 0 Å². The monoisotopic (exact) mass is 343 g/mol. The van der Waals surface area contributed by atoms with Crippen molar-refractivity contribution in [2.75, 3.05) is 18.6 Å². The third-order valence-corrected chi connectivity index (χ3v) is 4.73. The molecule has 1 aliphatic rings. The molecule has 0 saturated carbocycles. The molecule has 0 saturated heterocycles. The number of anilines is 1. The number of carbonyl (C=O) groups excluding carboxylic acids is 1. The maximum atomic E-state index is 13.0. The van der Waals surface area contributed by atoms with Crippen molar-refractivity contribution in [3.05, 3.63) is 65.7 Å². The normalized spacial score (nSPS) is 15.6. The van der Waals surface area contributed by atoms with Crippen molar-refractivity contribution < 1.29 is 9.53 Å². The molecular formula is C21H17N3O2. The average Bonchev–Trinajstić information content (AvgIpc) is 2.71. The second-order valence-corrected chi connectivity index (χ2v) is 6.37. The van der Waals surface area contributed by atoms with Gasteiger partial charge in [-0.3, -0.25) is 9.69 Å². The highest BCUT2D eigenvalue weighted by molar-refractivity contribution is 5.96. The van der Waals surface area contributed by atoms with E-state index in [0.29, 0.717) is 29.9 Å². The van der Waals surface area contributed by atoms with Gasteiger partial charge in [-0.1, -0.05) is 36.4 Å². The van der Waals surface area contributed by atoms with E-state index in [0.717, 1.165) is 16.7 Å². The molecule has 0 spiro atoms. The lowest BCUT2D eigenvalue weighted by molar-refractivity contribution is -0.123. The van der Waals surface area contributed by atoms with Crippen LogP contribution in [0, 0.1) is 17.2 Å². The summed E-state index contributed by atoms with van der Waals surface area (Å²) in [7, 11) is 1.70. The van der Waals surface area contributed by atoms with E-state index in [1.807, 2.05) is 48.5 Å². The predicted octanol–water partition coefficient (Wildman–Crippen LogP) is 3.32. The van der Waals surface area contributed by atoms with Crippen LogP contribution in [0.5, 0.6) is 5.75 Å². The molecule has 0 fully saturated rings. The van der Waals surface area contributed by atoms with Gasteiger partial charge in [0.25, 0.3) is 0 Å². The van der Waals surface area contributed by atoms with Crippen LogP contribution < -0.4 is 9.64 Å². The Morgan fingerprint density at radius 2 is 2.00 bits per heavy atom. The van der Waals surface area contributed by atoms with E-state index in [4.69, 9.17) is 4.74 Å². The average molecular weight is 343 g/mol. The first kappa shape index (κ1) is 16.1.